The standard InChI is InChI=1S/C34H39N3O3S2/c1-3-4-5-6-7-8-9-10-11-15-21-36-33(38)30(42-34(36)41)23-26-24-37(27-18-13-12-14-19-27)35-31(26)29-22-25-17-16-20-28(39-2)32(25)40-29/h12-14,16-20,22-24H,3-11,15,21H2,1-2H3. The molecule has 4 aromatic rings. The number of nitrogens with zero attached hydrogens (tertiary/aromatic N) is 3. The number of fused-ring (bicyclic) bond motifs is 1. The van der Waals surface area contributed by atoms with E-state index in [0.717, 1.165) is 29.5 Å². The van der Waals surface area contributed by atoms with Gasteiger partial charge in [0.05, 0.1) is 17.7 Å². The van der Waals surface area contributed by atoms with E-state index in [1.807, 2.05) is 71.6 Å². The molecule has 0 aliphatic carbocycles. The van der Waals surface area contributed by atoms with Crippen molar-refractivity contribution >= 4 is 51.3 Å². The van der Waals surface area contributed by atoms with Crippen molar-refractivity contribution in [2.45, 2.75) is 71.1 Å². The van der Waals surface area contributed by atoms with Gasteiger partial charge in [-0.05, 0) is 36.8 Å². The second-order valence-corrected chi connectivity index (χ2v) is 12.4. The molecule has 6 nitrogen and oxygen atoms in total. The van der Waals surface area contributed by atoms with Gasteiger partial charge in [-0.1, -0.05) is 119 Å². The fourth-order valence-electron chi connectivity index (χ4n) is 5.30. The van der Waals surface area contributed by atoms with Gasteiger partial charge in [-0.25, -0.2) is 4.68 Å². The van der Waals surface area contributed by atoms with E-state index in [2.05, 4.69) is 6.92 Å². The molecule has 42 heavy (non-hydrogen) atoms. The average molecular weight is 602 g/mol. The lowest BCUT2D eigenvalue weighted by molar-refractivity contribution is -0.122. The van der Waals surface area contributed by atoms with Crippen LogP contribution in [0, 0.1) is 0 Å². The molecule has 2 aromatic carbocycles. The van der Waals surface area contributed by atoms with Crippen LogP contribution in [0.1, 0.15) is 76.7 Å². The van der Waals surface area contributed by atoms with Crippen LogP contribution in [-0.2, 0) is 4.79 Å². The molecule has 0 radical (unpaired) electrons. The lowest BCUT2D eigenvalue weighted by Crippen LogP contribution is -2.29. The first-order valence-electron chi connectivity index (χ1n) is 15.1. The molecule has 0 saturated carbocycles. The van der Waals surface area contributed by atoms with Crippen LogP contribution in [0.3, 0.4) is 0 Å². The van der Waals surface area contributed by atoms with Crippen LogP contribution in [0.25, 0.3) is 34.2 Å². The SMILES string of the molecule is CCCCCCCCCCCCN1C(=O)C(=Cc2cn(-c3ccccc3)nc2-c2cc3cccc(OC)c3o2)SC1=S. The van der Waals surface area contributed by atoms with Gasteiger partial charge in [-0.3, -0.25) is 9.69 Å². The number of carbonyl (C=O) groups excluding carboxylic acids is 1. The first-order chi connectivity index (χ1) is 20.6. The second-order valence-electron chi connectivity index (χ2n) is 10.7. The number of benzene rings is 2. The number of para-hydroxylation sites is 2. The van der Waals surface area contributed by atoms with Crippen LogP contribution < -0.4 is 4.74 Å². The molecule has 5 rings (SSSR count). The quantitative estimate of drug-likeness (QED) is 0.0768. The normalized spacial score (nSPS) is 14.5. The Hall–Kier alpha value is -3.36. The summed E-state index contributed by atoms with van der Waals surface area (Å²) in [6, 6.07) is 17.7. The lowest BCUT2D eigenvalue weighted by Gasteiger charge is -2.14. The number of rotatable bonds is 15. The number of furan rings is 1. The van der Waals surface area contributed by atoms with Crippen molar-refractivity contribution in [2.75, 3.05) is 13.7 Å². The zero-order valence-corrected chi connectivity index (χ0v) is 26.1. The van der Waals surface area contributed by atoms with Gasteiger partial charge in [0.2, 0.25) is 0 Å². The van der Waals surface area contributed by atoms with Crippen LogP contribution in [0.5, 0.6) is 5.75 Å². The number of ether oxygens (including phenoxy) is 1. The van der Waals surface area contributed by atoms with Crippen molar-refractivity contribution in [3.63, 3.8) is 0 Å². The second kappa shape index (κ2) is 14.7. The summed E-state index contributed by atoms with van der Waals surface area (Å²) in [6.45, 7) is 2.92. The molecule has 8 heteroatoms. The molecule has 0 spiro atoms. The van der Waals surface area contributed by atoms with Gasteiger partial charge in [-0.15, -0.1) is 0 Å². The monoisotopic (exact) mass is 601 g/mol. The third kappa shape index (κ3) is 7.16. The zero-order valence-electron chi connectivity index (χ0n) is 24.5. The number of aromatic nitrogens is 2. The minimum atomic E-state index is -0.0365. The summed E-state index contributed by atoms with van der Waals surface area (Å²) in [7, 11) is 1.63. The van der Waals surface area contributed by atoms with Crippen LogP contribution in [-0.4, -0.2) is 38.6 Å². The van der Waals surface area contributed by atoms with Gasteiger partial charge in [0.25, 0.3) is 5.91 Å². The van der Waals surface area contributed by atoms with Crippen LogP contribution in [0.4, 0.5) is 0 Å². The Balaban J connectivity index is 1.30. The number of methoxy groups -OCH3 is 1. The number of amides is 1. The number of carbonyl (C=O) groups is 1. The molecule has 0 N–H and O–H groups in total. The summed E-state index contributed by atoms with van der Waals surface area (Å²) >= 11 is 6.99. The van der Waals surface area contributed by atoms with Gasteiger partial charge < -0.3 is 9.15 Å². The lowest BCUT2D eigenvalue weighted by atomic mass is 10.1. The van der Waals surface area contributed by atoms with Gasteiger partial charge in [0, 0.05) is 23.7 Å². The van der Waals surface area contributed by atoms with E-state index in [9.17, 15) is 4.79 Å². The molecular formula is C34H39N3O3S2. The third-order valence-corrected chi connectivity index (χ3v) is 9.00. The highest BCUT2D eigenvalue weighted by atomic mass is 32.2. The molecule has 1 aliphatic heterocycles. The Morgan fingerprint density at radius 2 is 1.67 bits per heavy atom. The third-order valence-electron chi connectivity index (χ3n) is 7.62. The van der Waals surface area contributed by atoms with Crippen molar-refractivity contribution in [3.8, 4) is 22.9 Å². The zero-order chi connectivity index (χ0) is 29.3. The van der Waals surface area contributed by atoms with Crippen molar-refractivity contribution in [2.24, 2.45) is 0 Å². The Morgan fingerprint density at radius 1 is 0.952 bits per heavy atom. The fourth-order valence-corrected chi connectivity index (χ4v) is 6.60. The van der Waals surface area contributed by atoms with E-state index >= 15 is 0 Å². The van der Waals surface area contributed by atoms with Crippen LogP contribution in [0.2, 0.25) is 0 Å². The predicted octanol–water partition coefficient (Wildman–Crippen LogP) is 9.42. The summed E-state index contributed by atoms with van der Waals surface area (Å²) in [5.41, 5.74) is 3.02. The Bertz CT molecular complexity index is 1540. The number of hydrogen-bond acceptors (Lipinski definition) is 6. The molecular weight excluding hydrogens is 563 g/mol. The number of thioether (sulfide) groups is 1. The van der Waals surface area contributed by atoms with Crippen molar-refractivity contribution in [1.82, 2.24) is 14.7 Å². The molecule has 1 amide bonds. The molecule has 2 aromatic heterocycles. The highest BCUT2D eigenvalue weighted by molar-refractivity contribution is 8.26. The number of unbranched alkanes of at least 4 members (excludes halogenated alkanes) is 9. The summed E-state index contributed by atoms with van der Waals surface area (Å²) in [5, 5.41) is 5.81. The van der Waals surface area contributed by atoms with E-state index in [0.29, 0.717) is 38.6 Å². The van der Waals surface area contributed by atoms with Crippen molar-refractivity contribution in [3.05, 3.63) is 71.3 Å². The van der Waals surface area contributed by atoms with Crippen LogP contribution >= 0.6 is 24.0 Å². The van der Waals surface area contributed by atoms with E-state index in [1.54, 1.807) is 12.0 Å². The average Bonchev–Trinajstić information content (AvgIpc) is 3.70. The maximum Gasteiger partial charge on any atom is 0.266 e. The van der Waals surface area contributed by atoms with Crippen LogP contribution in [0.15, 0.2) is 70.1 Å². The predicted molar refractivity (Wildman–Crippen MR) is 177 cm³/mol. The number of thiocarbonyl (C=S) groups is 1. The Labute approximate surface area is 258 Å². The largest absolute Gasteiger partial charge is 0.493 e. The molecule has 0 unspecified atom stereocenters. The molecule has 0 atom stereocenters. The first-order valence-corrected chi connectivity index (χ1v) is 16.3. The van der Waals surface area contributed by atoms with Gasteiger partial charge in [0.15, 0.2) is 17.1 Å². The fraction of sp³-hybridized carbons (Fsp3) is 0.382. The highest BCUT2D eigenvalue weighted by Gasteiger charge is 2.32. The first kappa shape index (κ1) is 30.1. The minimum absolute atomic E-state index is 0.0365. The smallest absolute Gasteiger partial charge is 0.266 e. The molecule has 0 bridgehead atoms. The van der Waals surface area contributed by atoms with Gasteiger partial charge >= 0.3 is 0 Å². The topological polar surface area (TPSA) is 60.5 Å². The molecule has 220 valence electrons. The van der Waals surface area contributed by atoms with E-state index in [4.69, 9.17) is 26.5 Å². The molecule has 1 fully saturated rings. The molecule has 3 heterocycles. The van der Waals surface area contributed by atoms with Crippen molar-refractivity contribution in [1.29, 1.82) is 0 Å². The van der Waals surface area contributed by atoms with E-state index in [1.165, 1.54) is 63.1 Å². The highest BCUT2D eigenvalue weighted by Crippen LogP contribution is 2.38. The maximum atomic E-state index is 13.4. The molecule has 1 aliphatic rings. The Kier molecular flexibility index (Phi) is 10.5. The van der Waals surface area contributed by atoms with Gasteiger partial charge in [-0.2, -0.15) is 5.10 Å². The molecule has 1 saturated heterocycles. The minimum Gasteiger partial charge on any atom is -0.493 e. The summed E-state index contributed by atoms with van der Waals surface area (Å²) < 4.78 is 14.2. The summed E-state index contributed by atoms with van der Waals surface area (Å²) in [6.07, 6.45) is 16.4. The summed E-state index contributed by atoms with van der Waals surface area (Å²) in [4.78, 5) is 15.8. The van der Waals surface area contributed by atoms with E-state index < -0.39 is 0 Å². The van der Waals surface area contributed by atoms with Gasteiger partial charge in [0.1, 0.15) is 10.0 Å². The van der Waals surface area contributed by atoms with Crippen molar-refractivity contribution < 1.29 is 13.9 Å². The summed E-state index contributed by atoms with van der Waals surface area (Å²) in [5.74, 6) is 1.23. The Morgan fingerprint density at radius 3 is 2.38 bits per heavy atom. The maximum absolute atomic E-state index is 13.4. The van der Waals surface area contributed by atoms with E-state index in [-0.39, 0.29) is 5.91 Å². The number of hydrogen-bond donors (Lipinski definition) is 0.